The number of nitro benzene ring substituents is 1. The van der Waals surface area contributed by atoms with Gasteiger partial charge in [0.15, 0.2) is 10.7 Å². The molecule has 0 bridgehead atoms. The highest BCUT2D eigenvalue weighted by molar-refractivity contribution is 5.67. The Morgan fingerprint density at radius 2 is 1.70 bits per heavy atom. The van der Waals surface area contributed by atoms with E-state index in [4.69, 9.17) is 0 Å². The van der Waals surface area contributed by atoms with Crippen molar-refractivity contribution in [1.82, 2.24) is 0 Å². The van der Waals surface area contributed by atoms with Crippen LogP contribution in [0.25, 0.3) is 0 Å². The summed E-state index contributed by atoms with van der Waals surface area (Å²) in [4.78, 5) is 22.1. The highest BCUT2D eigenvalue weighted by Crippen LogP contribution is 2.35. The Hall–Kier alpha value is -2.18. The van der Waals surface area contributed by atoms with Crippen molar-refractivity contribution in [3.05, 3.63) is 43.5 Å². The molecule has 0 amide bonds. The first-order chi connectivity index (χ1) is 9.34. The van der Waals surface area contributed by atoms with E-state index in [-0.39, 0.29) is 17.4 Å². The van der Waals surface area contributed by atoms with Crippen LogP contribution in [0, 0.1) is 34.1 Å². The maximum absolute atomic E-state index is 11.3. The lowest BCUT2D eigenvalue weighted by molar-refractivity contribution is -0.502. The van der Waals surface area contributed by atoms with Gasteiger partial charge in [-0.3, -0.25) is 10.1 Å². The molecule has 20 heavy (non-hydrogen) atoms. The number of anilines is 1. The molecular formula is C13H19N3O4. The molecule has 0 saturated heterocycles. The van der Waals surface area contributed by atoms with Crippen molar-refractivity contribution >= 4 is 11.4 Å². The third-order valence-electron chi connectivity index (χ3n) is 3.57. The molecule has 0 N–H and O–H groups in total. The van der Waals surface area contributed by atoms with Gasteiger partial charge in [-0.1, -0.05) is 24.9 Å². The second-order valence-corrected chi connectivity index (χ2v) is 4.69. The molecular weight excluding hydrogens is 262 g/mol. The second-order valence-electron chi connectivity index (χ2n) is 4.69. The Morgan fingerprint density at radius 3 is 2.10 bits per heavy atom. The normalized spacial score (nSPS) is 10.7. The van der Waals surface area contributed by atoms with Gasteiger partial charge in [0.05, 0.1) is 11.0 Å². The zero-order valence-electron chi connectivity index (χ0n) is 12.1. The fourth-order valence-electron chi connectivity index (χ4n) is 2.25. The molecule has 0 heterocycles. The second kappa shape index (κ2) is 6.31. The zero-order chi connectivity index (χ0) is 15.4. The first-order valence-corrected chi connectivity index (χ1v) is 6.53. The van der Waals surface area contributed by atoms with Crippen LogP contribution in [-0.2, 0) is 0 Å². The molecule has 0 aliphatic carbocycles. The molecule has 7 heteroatoms. The maximum atomic E-state index is 11.3. The molecule has 0 aliphatic heterocycles. The molecule has 7 nitrogen and oxygen atoms in total. The lowest BCUT2D eigenvalue weighted by atomic mass is 10.0. The van der Waals surface area contributed by atoms with Gasteiger partial charge < -0.3 is 0 Å². The number of hydrazine groups is 1. The predicted molar refractivity (Wildman–Crippen MR) is 76.4 cm³/mol. The number of nitrogens with zero attached hydrogens (tertiary/aromatic N) is 3. The van der Waals surface area contributed by atoms with Crippen molar-refractivity contribution in [1.29, 1.82) is 0 Å². The number of rotatable bonds is 6. The van der Waals surface area contributed by atoms with Gasteiger partial charge >= 0.3 is 5.69 Å². The Labute approximate surface area is 117 Å². The monoisotopic (exact) mass is 281 g/mol. The molecule has 0 aromatic heterocycles. The van der Waals surface area contributed by atoms with E-state index >= 15 is 0 Å². The van der Waals surface area contributed by atoms with E-state index in [0.717, 1.165) is 10.6 Å². The van der Waals surface area contributed by atoms with Crippen LogP contribution in [0.15, 0.2) is 12.1 Å². The minimum absolute atomic E-state index is 0.0526. The van der Waals surface area contributed by atoms with Crippen LogP contribution in [0.3, 0.4) is 0 Å². The fraction of sp³-hybridized carbons (Fsp3) is 0.538. The average molecular weight is 281 g/mol. The molecule has 0 radical (unpaired) electrons. The van der Waals surface area contributed by atoms with Crippen LogP contribution in [-0.4, -0.2) is 16.0 Å². The highest BCUT2D eigenvalue weighted by Gasteiger charge is 2.33. The summed E-state index contributed by atoms with van der Waals surface area (Å²) in [5.41, 5.74) is 1.07. The summed E-state index contributed by atoms with van der Waals surface area (Å²) in [7, 11) is 0. The third-order valence-corrected chi connectivity index (χ3v) is 3.57. The molecule has 0 spiro atoms. The smallest absolute Gasteiger partial charge is 0.258 e. The quantitative estimate of drug-likeness (QED) is 0.588. The molecule has 1 rings (SSSR count). The number of hydrogen-bond donors (Lipinski definition) is 0. The van der Waals surface area contributed by atoms with Gasteiger partial charge in [0.25, 0.3) is 0 Å². The topological polar surface area (TPSA) is 89.5 Å². The summed E-state index contributed by atoms with van der Waals surface area (Å²) in [5.74, 6) is 0. The van der Waals surface area contributed by atoms with Gasteiger partial charge in [-0.25, -0.2) is 10.1 Å². The highest BCUT2D eigenvalue weighted by atomic mass is 16.7. The van der Waals surface area contributed by atoms with E-state index in [1.807, 2.05) is 13.8 Å². The van der Waals surface area contributed by atoms with Crippen LogP contribution >= 0.6 is 0 Å². The predicted octanol–water partition coefficient (Wildman–Crippen LogP) is 3.40. The summed E-state index contributed by atoms with van der Waals surface area (Å²) in [6.07, 6.45) is 1.09. The van der Waals surface area contributed by atoms with Crippen molar-refractivity contribution in [2.45, 2.75) is 46.6 Å². The van der Waals surface area contributed by atoms with E-state index in [9.17, 15) is 20.2 Å². The van der Waals surface area contributed by atoms with Crippen LogP contribution in [0.4, 0.5) is 11.4 Å². The van der Waals surface area contributed by atoms with Crippen molar-refractivity contribution in [2.75, 3.05) is 5.01 Å². The van der Waals surface area contributed by atoms with Gasteiger partial charge in [-0.2, -0.15) is 0 Å². The van der Waals surface area contributed by atoms with Crippen LogP contribution < -0.4 is 5.01 Å². The average Bonchev–Trinajstić information content (AvgIpc) is 2.38. The summed E-state index contributed by atoms with van der Waals surface area (Å²) < 4.78 is 0. The molecule has 0 unspecified atom stereocenters. The molecule has 1 aromatic carbocycles. The van der Waals surface area contributed by atoms with E-state index in [0.29, 0.717) is 18.4 Å². The first kappa shape index (κ1) is 15.9. The maximum Gasteiger partial charge on any atom is 0.301 e. The van der Waals surface area contributed by atoms with Gasteiger partial charge in [-0.05, 0) is 38.3 Å². The summed E-state index contributed by atoms with van der Waals surface area (Å²) in [6.45, 7) is 7.02. The van der Waals surface area contributed by atoms with Gasteiger partial charge in [0.2, 0.25) is 0 Å². The lowest BCUT2D eigenvalue weighted by Crippen LogP contribution is -2.39. The summed E-state index contributed by atoms with van der Waals surface area (Å²) in [6, 6.07) is 2.77. The standard InChI is InChI=1S/C13H19N3O4/c1-5-11(6-2)14(16(19)20)12-8-7-9(3)10(4)13(12)15(17)18/h7-8,11H,5-6H2,1-4H3. The van der Waals surface area contributed by atoms with E-state index < -0.39 is 9.96 Å². The van der Waals surface area contributed by atoms with Gasteiger partial charge in [0.1, 0.15) is 0 Å². The Morgan fingerprint density at radius 1 is 1.15 bits per heavy atom. The largest absolute Gasteiger partial charge is 0.301 e. The van der Waals surface area contributed by atoms with Crippen molar-refractivity contribution < 1.29 is 9.96 Å². The molecule has 1 aromatic rings. The molecule has 0 fully saturated rings. The van der Waals surface area contributed by atoms with Crippen molar-refractivity contribution in [2.24, 2.45) is 0 Å². The Balaban J connectivity index is 3.52. The summed E-state index contributed by atoms with van der Waals surface area (Å²) in [5, 5.41) is 23.0. The first-order valence-electron chi connectivity index (χ1n) is 6.53. The van der Waals surface area contributed by atoms with Crippen LogP contribution in [0.1, 0.15) is 37.8 Å². The van der Waals surface area contributed by atoms with Crippen molar-refractivity contribution in [3.63, 3.8) is 0 Å². The molecule has 0 aliphatic rings. The van der Waals surface area contributed by atoms with Crippen LogP contribution in [0.5, 0.6) is 0 Å². The molecule has 0 saturated carbocycles. The number of nitro groups is 2. The Kier molecular flexibility index (Phi) is 5.01. The molecule has 110 valence electrons. The van der Waals surface area contributed by atoms with E-state index in [1.54, 1.807) is 19.9 Å². The Bertz CT molecular complexity index is 527. The minimum Gasteiger partial charge on any atom is -0.258 e. The van der Waals surface area contributed by atoms with Gasteiger partial charge in [-0.15, -0.1) is 0 Å². The zero-order valence-corrected chi connectivity index (χ0v) is 12.1. The van der Waals surface area contributed by atoms with E-state index in [2.05, 4.69) is 0 Å². The fourth-order valence-corrected chi connectivity index (χ4v) is 2.25. The third kappa shape index (κ3) is 2.87. The number of hydrogen-bond acceptors (Lipinski definition) is 4. The van der Waals surface area contributed by atoms with E-state index in [1.165, 1.54) is 6.07 Å². The van der Waals surface area contributed by atoms with Crippen molar-refractivity contribution in [3.8, 4) is 0 Å². The van der Waals surface area contributed by atoms with Gasteiger partial charge in [0, 0.05) is 5.56 Å². The number of benzene rings is 1. The number of aryl methyl sites for hydroxylation is 1. The SMILES string of the molecule is CCC(CC)N(c1ccc(C)c(C)c1[N+](=O)[O-])[N+](=O)[O-]. The van der Waals surface area contributed by atoms with Crippen LogP contribution in [0.2, 0.25) is 0 Å². The summed E-state index contributed by atoms with van der Waals surface area (Å²) >= 11 is 0. The minimum atomic E-state index is -0.561. The molecule has 0 atom stereocenters. The lowest BCUT2D eigenvalue weighted by Gasteiger charge is -2.22.